The van der Waals surface area contributed by atoms with E-state index in [4.69, 9.17) is 9.84 Å². The molecule has 0 bridgehead atoms. The summed E-state index contributed by atoms with van der Waals surface area (Å²) in [7, 11) is 1.75. The van der Waals surface area contributed by atoms with Crippen LogP contribution in [0.5, 0.6) is 0 Å². The van der Waals surface area contributed by atoms with Crippen LogP contribution in [0.1, 0.15) is 26.2 Å². The number of hydrogen-bond donors (Lipinski definition) is 1. The Morgan fingerprint density at radius 2 is 2.21 bits per heavy atom. The van der Waals surface area contributed by atoms with Gasteiger partial charge in [-0.2, -0.15) is 0 Å². The van der Waals surface area contributed by atoms with E-state index in [1.54, 1.807) is 11.9 Å². The van der Waals surface area contributed by atoms with E-state index in [1.807, 2.05) is 4.90 Å². The van der Waals surface area contributed by atoms with Gasteiger partial charge in [-0.1, -0.05) is 13.3 Å². The molecule has 0 radical (unpaired) electrons. The average Bonchev–Trinajstić information content (AvgIpc) is 2.35. The van der Waals surface area contributed by atoms with Gasteiger partial charge >= 0.3 is 5.97 Å². The number of carbonyl (C=O) groups excluding carboxylic acids is 1. The largest absolute Gasteiger partial charge is 0.480 e. The summed E-state index contributed by atoms with van der Waals surface area (Å²) in [6.07, 6.45) is 2.43. The van der Waals surface area contributed by atoms with Crippen LogP contribution >= 0.6 is 0 Å². The Labute approximate surface area is 114 Å². The monoisotopic (exact) mass is 272 g/mol. The molecule has 1 N–H and O–H groups in total. The van der Waals surface area contributed by atoms with Crippen molar-refractivity contribution in [2.75, 3.05) is 39.8 Å². The number of carboxylic acids is 1. The highest BCUT2D eigenvalue weighted by molar-refractivity contribution is 5.76. The Kier molecular flexibility index (Phi) is 6.80. The zero-order valence-corrected chi connectivity index (χ0v) is 11.8. The van der Waals surface area contributed by atoms with Gasteiger partial charge in [0.2, 0.25) is 5.91 Å². The van der Waals surface area contributed by atoms with E-state index in [0.717, 1.165) is 12.8 Å². The number of hydrogen-bond acceptors (Lipinski definition) is 4. The van der Waals surface area contributed by atoms with Gasteiger partial charge in [-0.15, -0.1) is 0 Å². The molecule has 1 unspecified atom stereocenters. The molecule has 6 nitrogen and oxygen atoms in total. The molecule has 110 valence electrons. The normalized spacial score (nSPS) is 19.7. The van der Waals surface area contributed by atoms with Crippen LogP contribution in [-0.2, 0) is 14.3 Å². The first kappa shape index (κ1) is 15.9. The number of rotatable bonds is 7. The van der Waals surface area contributed by atoms with Gasteiger partial charge in [0, 0.05) is 26.1 Å². The van der Waals surface area contributed by atoms with Crippen molar-refractivity contribution in [3.05, 3.63) is 0 Å². The molecule has 0 aromatic heterocycles. The van der Waals surface area contributed by atoms with E-state index in [1.165, 1.54) is 0 Å². The Morgan fingerprint density at radius 3 is 2.84 bits per heavy atom. The second-order valence-corrected chi connectivity index (χ2v) is 5.03. The van der Waals surface area contributed by atoms with Crippen molar-refractivity contribution in [3.8, 4) is 0 Å². The number of ether oxygens (including phenoxy) is 1. The van der Waals surface area contributed by atoms with E-state index < -0.39 is 5.97 Å². The summed E-state index contributed by atoms with van der Waals surface area (Å²) in [6.45, 7) is 4.32. The minimum absolute atomic E-state index is 0.0103. The maximum Gasteiger partial charge on any atom is 0.317 e. The molecule has 0 aromatic carbocycles. The van der Waals surface area contributed by atoms with Crippen molar-refractivity contribution in [2.45, 2.75) is 32.3 Å². The molecule has 6 heteroatoms. The first-order valence-corrected chi connectivity index (χ1v) is 6.82. The molecule has 1 atom stereocenters. The number of nitrogens with zero attached hydrogens (tertiary/aromatic N) is 2. The molecule has 19 heavy (non-hydrogen) atoms. The van der Waals surface area contributed by atoms with Crippen molar-refractivity contribution in [3.63, 3.8) is 0 Å². The van der Waals surface area contributed by atoms with Gasteiger partial charge in [0.1, 0.15) is 0 Å². The fourth-order valence-electron chi connectivity index (χ4n) is 2.19. The Hall–Kier alpha value is -1.14. The highest BCUT2D eigenvalue weighted by Gasteiger charge is 2.25. The third-order valence-corrected chi connectivity index (χ3v) is 3.16. The van der Waals surface area contributed by atoms with E-state index in [9.17, 15) is 9.59 Å². The third kappa shape index (κ3) is 6.02. The lowest BCUT2D eigenvalue weighted by molar-refractivity contribution is -0.142. The predicted octanol–water partition coefficient (Wildman–Crippen LogP) is 0.420. The van der Waals surface area contributed by atoms with Gasteiger partial charge in [0.05, 0.1) is 19.3 Å². The zero-order valence-electron chi connectivity index (χ0n) is 11.8. The molecule has 1 amide bonds. The molecule has 0 aromatic rings. The Balaban J connectivity index is 2.37. The van der Waals surface area contributed by atoms with E-state index in [-0.39, 0.29) is 18.6 Å². The first-order valence-electron chi connectivity index (χ1n) is 6.82. The summed E-state index contributed by atoms with van der Waals surface area (Å²) in [5, 5.41) is 8.70. The smallest absolute Gasteiger partial charge is 0.317 e. The molecule has 1 aliphatic heterocycles. The van der Waals surface area contributed by atoms with Crippen LogP contribution in [0.2, 0.25) is 0 Å². The summed E-state index contributed by atoms with van der Waals surface area (Å²) in [5.41, 5.74) is 0. The molecule has 0 aliphatic carbocycles. The SMILES string of the molecule is CCCCC(=O)N1CCOC(CN(C)CC(=O)O)C1. The molecule has 1 fully saturated rings. The molecule has 0 saturated carbocycles. The third-order valence-electron chi connectivity index (χ3n) is 3.16. The standard InChI is InChI=1S/C13H24N2O4/c1-3-4-5-12(16)15-6-7-19-11(9-15)8-14(2)10-13(17)18/h11H,3-10H2,1-2H3,(H,17,18). The molecule has 1 saturated heterocycles. The predicted molar refractivity (Wildman–Crippen MR) is 71.0 cm³/mol. The minimum atomic E-state index is -0.853. The molecule has 1 aliphatic rings. The lowest BCUT2D eigenvalue weighted by atomic mass is 10.2. The summed E-state index contributed by atoms with van der Waals surface area (Å²) < 4.78 is 5.59. The maximum atomic E-state index is 11.9. The fourth-order valence-corrected chi connectivity index (χ4v) is 2.19. The number of likely N-dealkylation sites (N-methyl/N-ethyl adjacent to an activating group) is 1. The van der Waals surface area contributed by atoms with Crippen molar-refractivity contribution in [1.82, 2.24) is 9.80 Å². The fraction of sp³-hybridized carbons (Fsp3) is 0.846. The van der Waals surface area contributed by atoms with Gasteiger partial charge in [-0.25, -0.2) is 0 Å². The van der Waals surface area contributed by atoms with Gasteiger partial charge in [-0.05, 0) is 13.5 Å². The Morgan fingerprint density at radius 1 is 1.47 bits per heavy atom. The molecule has 1 heterocycles. The number of carbonyl (C=O) groups is 2. The average molecular weight is 272 g/mol. The van der Waals surface area contributed by atoms with Crippen LogP contribution in [0.25, 0.3) is 0 Å². The van der Waals surface area contributed by atoms with E-state index in [0.29, 0.717) is 32.7 Å². The number of morpholine rings is 1. The van der Waals surface area contributed by atoms with Crippen LogP contribution in [-0.4, -0.2) is 72.7 Å². The second kappa shape index (κ2) is 8.12. The topological polar surface area (TPSA) is 70.1 Å². The van der Waals surface area contributed by atoms with Crippen LogP contribution in [0.15, 0.2) is 0 Å². The second-order valence-electron chi connectivity index (χ2n) is 5.03. The zero-order chi connectivity index (χ0) is 14.3. The number of carboxylic acid groups (broad SMARTS) is 1. The van der Waals surface area contributed by atoms with Crippen LogP contribution < -0.4 is 0 Å². The lowest BCUT2D eigenvalue weighted by Crippen LogP contribution is -2.49. The van der Waals surface area contributed by atoms with Gasteiger partial charge in [0.25, 0.3) is 0 Å². The molecule has 1 rings (SSSR count). The number of amides is 1. The lowest BCUT2D eigenvalue weighted by Gasteiger charge is -2.34. The summed E-state index contributed by atoms with van der Waals surface area (Å²) >= 11 is 0. The molecular formula is C13H24N2O4. The van der Waals surface area contributed by atoms with Crippen LogP contribution in [0, 0.1) is 0 Å². The quantitative estimate of drug-likeness (QED) is 0.727. The summed E-state index contributed by atoms with van der Waals surface area (Å²) in [6, 6.07) is 0. The van der Waals surface area contributed by atoms with Crippen molar-refractivity contribution in [2.24, 2.45) is 0 Å². The van der Waals surface area contributed by atoms with Gasteiger partial charge in [-0.3, -0.25) is 14.5 Å². The van der Waals surface area contributed by atoms with Crippen molar-refractivity contribution < 1.29 is 19.4 Å². The molecular weight excluding hydrogens is 248 g/mol. The van der Waals surface area contributed by atoms with E-state index in [2.05, 4.69) is 6.92 Å². The van der Waals surface area contributed by atoms with Crippen LogP contribution in [0.3, 0.4) is 0 Å². The van der Waals surface area contributed by atoms with Crippen LogP contribution in [0.4, 0.5) is 0 Å². The van der Waals surface area contributed by atoms with Gasteiger partial charge < -0.3 is 14.7 Å². The summed E-state index contributed by atoms with van der Waals surface area (Å²) in [5.74, 6) is -0.676. The summed E-state index contributed by atoms with van der Waals surface area (Å²) in [4.78, 5) is 26.1. The molecule has 0 spiro atoms. The minimum Gasteiger partial charge on any atom is -0.480 e. The Bertz CT molecular complexity index is 309. The highest BCUT2D eigenvalue weighted by Crippen LogP contribution is 2.09. The number of unbranched alkanes of at least 4 members (excludes halogenated alkanes) is 1. The van der Waals surface area contributed by atoms with Crippen molar-refractivity contribution in [1.29, 1.82) is 0 Å². The first-order chi connectivity index (χ1) is 9.02. The van der Waals surface area contributed by atoms with Gasteiger partial charge in [0.15, 0.2) is 0 Å². The number of aliphatic carboxylic acids is 1. The highest BCUT2D eigenvalue weighted by atomic mass is 16.5. The van der Waals surface area contributed by atoms with E-state index >= 15 is 0 Å². The van der Waals surface area contributed by atoms with Crippen molar-refractivity contribution >= 4 is 11.9 Å². The maximum absolute atomic E-state index is 11.9.